The summed E-state index contributed by atoms with van der Waals surface area (Å²) in [7, 11) is 0. The first kappa shape index (κ1) is 12.5. The van der Waals surface area contributed by atoms with Crippen LogP contribution in [0, 0.1) is 11.3 Å². The molecule has 3 nitrogen and oxygen atoms in total. The Balaban J connectivity index is 2.48. The summed E-state index contributed by atoms with van der Waals surface area (Å²) in [6, 6.07) is -0.0799. The van der Waals surface area contributed by atoms with Crippen molar-refractivity contribution in [3.63, 3.8) is 0 Å². The predicted octanol–water partition coefficient (Wildman–Crippen LogP) is 1.66. The molecule has 1 rings (SSSR count). The molecule has 88 valence electrons. The summed E-state index contributed by atoms with van der Waals surface area (Å²) < 4.78 is 0. The maximum Gasteiger partial charge on any atom is 0.236 e. The van der Waals surface area contributed by atoms with E-state index in [1.807, 2.05) is 0 Å². The number of nitrogens with one attached hydrogen (secondary N) is 1. The molecule has 3 atom stereocenters. The fourth-order valence-corrected chi connectivity index (χ4v) is 2.48. The zero-order valence-corrected chi connectivity index (χ0v) is 10.3. The molecule has 2 unspecified atom stereocenters. The van der Waals surface area contributed by atoms with Crippen LogP contribution in [0.25, 0.3) is 0 Å². The molecule has 1 saturated carbocycles. The third-order valence-electron chi connectivity index (χ3n) is 3.43. The highest BCUT2D eigenvalue weighted by atomic mass is 16.2. The van der Waals surface area contributed by atoms with Gasteiger partial charge in [0.1, 0.15) is 0 Å². The Morgan fingerprint density at radius 3 is 2.60 bits per heavy atom. The van der Waals surface area contributed by atoms with Crippen molar-refractivity contribution in [1.82, 2.24) is 5.32 Å². The predicted molar refractivity (Wildman–Crippen MR) is 62.4 cm³/mol. The van der Waals surface area contributed by atoms with Crippen LogP contribution in [0.15, 0.2) is 0 Å². The Bertz CT molecular complexity index is 236. The molecule has 0 aromatic heterocycles. The number of carbonyl (C=O) groups excluding carboxylic acids is 1. The van der Waals surface area contributed by atoms with Crippen LogP contribution in [0.3, 0.4) is 0 Å². The Hall–Kier alpha value is -0.570. The highest BCUT2D eigenvalue weighted by Crippen LogP contribution is 2.38. The minimum atomic E-state index is -0.396. The van der Waals surface area contributed by atoms with Gasteiger partial charge in [0.15, 0.2) is 0 Å². The Morgan fingerprint density at radius 2 is 2.13 bits per heavy atom. The van der Waals surface area contributed by atoms with Gasteiger partial charge in [-0.15, -0.1) is 0 Å². The average molecular weight is 212 g/mol. The van der Waals surface area contributed by atoms with Crippen LogP contribution in [-0.2, 0) is 4.79 Å². The molecule has 0 aromatic rings. The van der Waals surface area contributed by atoms with Crippen molar-refractivity contribution in [3.8, 4) is 0 Å². The summed E-state index contributed by atoms with van der Waals surface area (Å²) >= 11 is 0. The van der Waals surface area contributed by atoms with Gasteiger partial charge in [-0.2, -0.15) is 0 Å². The lowest BCUT2D eigenvalue weighted by molar-refractivity contribution is -0.123. The Kier molecular flexibility index (Phi) is 3.77. The minimum Gasteiger partial charge on any atom is -0.352 e. The summed E-state index contributed by atoms with van der Waals surface area (Å²) in [5.41, 5.74) is 5.97. The Morgan fingerprint density at radius 1 is 1.53 bits per heavy atom. The zero-order valence-electron chi connectivity index (χ0n) is 10.3. The molecular formula is C12H24N2O. The van der Waals surface area contributed by atoms with E-state index in [1.165, 1.54) is 12.8 Å². The van der Waals surface area contributed by atoms with Crippen LogP contribution in [0.1, 0.15) is 47.0 Å². The fraction of sp³-hybridized carbons (Fsp3) is 0.917. The second-order valence-corrected chi connectivity index (χ2v) is 5.79. The molecule has 3 N–H and O–H groups in total. The highest BCUT2D eigenvalue weighted by molar-refractivity contribution is 5.81. The van der Waals surface area contributed by atoms with Crippen LogP contribution < -0.4 is 11.1 Å². The van der Waals surface area contributed by atoms with Crippen molar-refractivity contribution >= 4 is 5.91 Å². The van der Waals surface area contributed by atoms with E-state index in [4.69, 9.17) is 5.73 Å². The summed E-state index contributed by atoms with van der Waals surface area (Å²) in [6.45, 7) is 8.54. The number of amides is 1. The molecule has 1 aliphatic carbocycles. The maximum absolute atomic E-state index is 11.5. The topological polar surface area (TPSA) is 55.1 Å². The van der Waals surface area contributed by atoms with Crippen molar-refractivity contribution in [1.29, 1.82) is 0 Å². The minimum absolute atomic E-state index is 0.0217. The van der Waals surface area contributed by atoms with Crippen molar-refractivity contribution in [2.24, 2.45) is 17.1 Å². The van der Waals surface area contributed by atoms with Crippen molar-refractivity contribution < 1.29 is 4.79 Å². The van der Waals surface area contributed by atoms with Gasteiger partial charge < -0.3 is 11.1 Å². The van der Waals surface area contributed by atoms with Gasteiger partial charge in [-0.25, -0.2) is 0 Å². The fourth-order valence-electron chi connectivity index (χ4n) is 2.48. The van der Waals surface area contributed by atoms with Gasteiger partial charge in [0.25, 0.3) is 0 Å². The lowest BCUT2D eigenvalue weighted by Crippen LogP contribution is -2.49. The van der Waals surface area contributed by atoms with Crippen LogP contribution in [-0.4, -0.2) is 18.0 Å². The van der Waals surface area contributed by atoms with E-state index in [0.29, 0.717) is 17.4 Å². The van der Waals surface area contributed by atoms with Crippen LogP contribution in [0.2, 0.25) is 0 Å². The standard InChI is InChI=1S/C12H24N2O/c1-8-7-12(3,4)6-5-10(8)14-11(15)9(2)13/h8-10H,5-7,13H2,1-4H3,(H,14,15)/t8?,9-,10?/m0/s1. The van der Waals surface area contributed by atoms with E-state index < -0.39 is 6.04 Å². The smallest absolute Gasteiger partial charge is 0.236 e. The normalized spacial score (nSPS) is 32.1. The quantitative estimate of drug-likeness (QED) is 0.731. The van der Waals surface area contributed by atoms with E-state index in [-0.39, 0.29) is 5.91 Å². The number of hydrogen-bond acceptors (Lipinski definition) is 2. The van der Waals surface area contributed by atoms with Crippen LogP contribution in [0.5, 0.6) is 0 Å². The number of nitrogens with two attached hydrogens (primary N) is 1. The lowest BCUT2D eigenvalue weighted by Gasteiger charge is -2.39. The van der Waals surface area contributed by atoms with E-state index in [1.54, 1.807) is 6.92 Å². The van der Waals surface area contributed by atoms with Crippen molar-refractivity contribution in [2.75, 3.05) is 0 Å². The molecule has 0 heterocycles. The van der Waals surface area contributed by atoms with E-state index >= 15 is 0 Å². The molecule has 0 radical (unpaired) electrons. The second-order valence-electron chi connectivity index (χ2n) is 5.79. The first-order valence-corrected chi connectivity index (χ1v) is 5.88. The summed E-state index contributed by atoms with van der Waals surface area (Å²) in [5.74, 6) is 0.531. The highest BCUT2D eigenvalue weighted by Gasteiger charge is 2.33. The zero-order chi connectivity index (χ0) is 11.6. The lowest BCUT2D eigenvalue weighted by atomic mass is 9.70. The molecule has 1 amide bonds. The van der Waals surface area contributed by atoms with Crippen molar-refractivity contribution in [2.45, 2.75) is 59.0 Å². The molecule has 0 aromatic carbocycles. The maximum atomic E-state index is 11.5. The van der Waals surface area contributed by atoms with Gasteiger partial charge in [0.2, 0.25) is 5.91 Å². The molecule has 1 aliphatic rings. The molecule has 3 heteroatoms. The SMILES string of the molecule is CC1CC(C)(C)CCC1NC(=O)[C@H](C)N. The van der Waals surface area contributed by atoms with Gasteiger partial charge in [-0.1, -0.05) is 20.8 Å². The van der Waals surface area contributed by atoms with E-state index in [9.17, 15) is 4.79 Å². The average Bonchev–Trinajstić information content (AvgIpc) is 2.08. The van der Waals surface area contributed by atoms with Crippen LogP contribution in [0.4, 0.5) is 0 Å². The number of rotatable bonds is 2. The molecule has 0 spiro atoms. The van der Waals surface area contributed by atoms with Gasteiger partial charge in [-0.05, 0) is 37.5 Å². The largest absolute Gasteiger partial charge is 0.352 e. The summed E-state index contributed by atoms with van der Waals surface area (Å²) in [4.78, 5) is 11.5. The third kappa shape index (κ3) is 3.49. The van der Waals surface area contributed by atoms with Gasteiger partial charge in [0, 0.05) is 6.04 Å². The third-order valence-corrected chi connectivity index (χ3v) is 3.43. The summed E-state index contributed by atoms with van der Waals surface area (Å²) in [6.07, 6.45) is 3.44. The molecular weight excluding hydrogens is 188 g/mol. The first-order chi connectivity index (χ1) is 6.82. The molecule has 1 fully saturated rings. The van der Waals surface area contributed by atoms with Gasteiger partial charge in [0.05, 0.1) is 6.04 Å². The second kappa shape index (κ2) is 4.52. The van der Waals surface area contributed by atoms with Crippen molar-refractivity contribution in [3.05, 3.63) is 0 Å². The van der Waals surface area contributed by atoms with Crippen LogP contribution >= 0.6 is 0 Å². The number of carbonyl (C=O) groups is 1. The van der Waals surface area contributed by atoms with E-state index in [0.717, 1.165) is 6.42 Å². The van der Waals surface area contributed by atoms with Gasteiger partial charge in [-0.3, -0.25) is 4.79 Å². The molecule has 0 aliphatic heterocycles. The molecule has 0 bridgehead atoms. The summed E-state index contributed by atoms with van der Waals surface area (Å²) in [5, 5.41) is 3.04. The Labute approximate surface area is 92.8 Å². The van der Waals surface area contributed by atoms with Gasteiger partial charge >= 0.3 is 0 Å². The monoisotopic (exact) mass is 212 g/mol. The number of hydrogen-bond donors (Lipinski definition) is 2. The molecule has 0 saturated heterocycles. The first-order valence-electron chi connectivity index (χ1n) is 5.88. The molecule has 15 heavy (non-hydrogen) atoms. The van der Waals surface area contributed by atoms with E-state index in [2.05, 4.69) is 26.1 Å².